The van der Waals surface area contributed by atoms with E-state index in [1.165, 1.54) is 6.07 Å². The first-order chi connectivity index (χ1) is 7.63. The van der Waals surface area contributed by atoms with Gasteiger partial charge < -0.3 is 5.32 Å². The number of nitrogens with one attached hydrogen (secondary N) is 1. The minimum atomic E-state index is -0.306. The minimum absolute atomic E-state index is 0.0189. The van der Waals surface area contributed by atoms with E-state index < -0.39 is 0 Å². The van der Waals surface area contributed by atoms with E-state index >= 15 is 0 Å². The molecule has 1 aromatic rings. The van der Waals surface area contributed by atoms with Crippen LogP contribution in [0.1, 0.15) is 25.8 Å². The smallest absolute Gasteiger partial charge is 0.151 e. The molecule has 0 amide bonds. The van der Waals surface area contributed by atoms with Gasteiger partial charge in [-0.2, -0.15) is 0 Å². The Morgan fingerprint density at radius 3 is 2.75 bits per heavy atom. The van der Waals surface area contributed by atoms with Gasteiger partial charge in [-0.05, 0) is 25.0 Å². The zero-order chi connectivity index (χ0) is 12.0. The second kappa shape index (κ2) is 6.38. The third-order valence-corrected chi connectivity index (χ3v) is 2.61. The predicted octanol–water partition coefficient (Wildman–Crippen LogP) is 2.33. The van der Waals surface area contributed by atoms with Crippen molar-refractivity contribution in [3.63, 3.8) is 0 Å². The van der Waals surface area contributed by atoms with Crippen LogP contribution in [0, 0.1) is 5.82 Å². The van der Waals surface area contributed by atoms with E-state index in [-0.39, 0.29) is 18.0 Å². The number of carbonyl (C=O) groups is 1. The monoisotopic (exact) mass is 223 g/mol. The van der Waals surface area contributed by atoms with Gasteiger partial charge in [0.25, 0.3) is 0 Å². The second-order valence-electron chi connectivity index (χ2n) is 4.00. The van der Waals surface area contributed by atoms with E-state index in [2.05, 4.69) is 12.2 Å². The Morgan fingerprint density at radius 2 is 2.12 bits per heavy atom. The lowest BCUT2D eigenvalue weighted by molar-refractivity contribution is -0.117. The number of hydrogen-bond donors (Lipinski definition) is 1. The summed E-state index contributed by atoms with van der Waals surface area (Å²) in [5.74, 6) is -0.287. The summed E-state index contributed by atoms with van der Waals surface area (Å²) in [6.45, 7) is 4.39. The zero-order valence-corrected chi connectivity index (χ0v) is 9.79. The molecule has 88 valence electrons. The Balaban J connectivity index is 2.43. The van der Waals surface area contributed by atoms with Crippen LogP contribution >= 0.6 is 0 Å². The number of halogens is 1. The van der Waals surface area contributed by atoms with Gasteiger partial charge in [-0.25, -0.2) is 4.39 Å². The maximum Gasteiger partial charge on any atom is 0.151 e. The standard InChI is InChI=1S/C13H18FNO/c1-3-10(2)15-9-12(16)8-11-6-4-5-7-13(11)14/h4-7,10,15H,3,8-9H2,1-2H3. The number of ketones is 1. The molecule has 0 aliphatic rings. The van der Waals surface area contributed by atoms with Crippen molar-refractivity contribution >= 4 is 5.78 Å². The lowest BCUT2D eigenvalue weighted by Gasteiger charge is -2.10. The van der Waals surface area contributed by atoms with Crippen LogP contribution < -0.4 is 5.32 Å². The largest absolute Gasteiger partial charge is 0.307 e. The molecule has 0 aromatic heterocycles. The van der Waals surface area contributed by atoms with Gasteiger partial charge in [-0.3, -0.25) is 4.79 Å². The molecule has 0 heterocycles. The number of carbonyl (C=O) groups excluding carboxylic acids is 1. The highest BCUT2D eigenvalue weighted by Crippen LogP contribution is 2.07. The third-order valence-electron chi connectivity index (χ3n) is 2.61. The molecule has 0 aliphatic carbocycles. The molecule has 3 heteroatoms. The highest BCUT2D eigenvalue weighted by atomic mass is 19.1. The molecular formula is C13H18FNO. The summed E-state index contributed by atoms with van der Waals surface area (Å²) in [6.07, 6.45) is 1.14. The van der Waals surface area contributed by atoms with Gasteiger partial charge in [0.05, 0.1) is 6.54 Å². The Hall–Kier alpha value is -1.22. The molecule has 0 saturated carbocycles. The van der Waals surface area contributed by atoms with Gasteiger partial charge in [-0.1, -0.05) is 25.1 Å². The highest BCUT2D eigenvalue weighted by molar-refractivity contribution is 5.82. The normalized spacial score (nSPS) is 12.4. The Labute approximate surface area is 95.9 Å². The van der Waals surface area contributed by atoms with Crippen LogP contribution in [0.25, 0.3) is 0 Å². The molecule has 0 fully saturated rings. The van der Waals surface area contributed by atoms with E-state index in [1.807, 2.05) is 6.92 Å². The van der Waals surface area contributed by atoms with Crippen LogP contribution in [0.15, 0.2) is 24.3 Å². The highest BCUT2D eigenvalue weighted by Gasteiger charge is 2.08. The van der Waals surface area contributed by atoms with Crippen molar-refractivity contribution in [1.29, 1.82) is 0 Å². The van der Waals surface area contributed by atoms with Crippen LogP contribution in [0.5, 0.6) is 0 Å². The van der Waals surface area contributed by atoms with Gasteiger partial charge in [0, 0.05) is 12.5 Å². The fourth-order valence-electron chi connectivity index (χ4n) is 1.35. The lowest BCUT2D eigenvalue weighted by Crippen LogP contribution is -2.31. The van der Waals surface area contributed by atoms with Crippen LogP contribution in [0.3, 0.4) is 0 Å². The van der Waals surface area contributed by atoms with Crippen molar-refractivity contribution in [1.82, 2.24) is 5.32 Å². The van der Waals surface area contributed by atoms with Crippen LogP contribution in [0.4, 0.5) is 4.39 Å². The summed E-state index contributed by atoms with van der Waals surface area (Å²) in [4.78, 5) is 11.6. The summed E-state index contributed by atoms with van der Waals surface area (Å²) in [5, 5.41) is 3.10. The van der Waals surface area contributed by atoms with Gasteiger partial charge in [0.2, 0.25) is 0 Å². The average Bonchev–Trinajstić information content (AvgIpc) is 2.29. The predicted molar refractivity (Wildman–Crippen MR) is 62.9 cm³/mol. The first-order valence-corrected chi connectivity index (χ1v) is 5.62. The van der Waals surface area contributed by atoms with Crippen molar-refractivity contribution in [2.45, 2.75) is 32.7 Å². The summed E-state index contributed by atoms with van der Waals surface area (Å²) >= 11 is 0. The van der Waals surface area contributed by atoms with Crippen molar-refractivity contribution in [2.24, 2.45) is 0 Å². The van der Waals surface area contributed by atoms with Gasteiger partial charge in [0.15, 0.2) is 5.78 Å². The number of benzene rings is 1. The summed E-state index contributed by atoms with van der Waals surface area (Å²) in [5.41, 5.74) is 0.471. The van der Waals surface area contributed by atoms with Crippen LogP contribution in [0.2, 0.25) is 0 Å². The molecule has 0 aliphatic heterocycles. The van der Waals surface area contributed by atoms with Crippen LogP contribution in [-0.2, 0) is 11.2 Å². The SMILES string of the molecule is CCC(C)NCC(=O)Cc1ccccc1F. The quantitative estimate of drug-likeness (QED) is 0.802. The van der Waals surface area contributed by atoms with E-state index in [9.17, 15) is 9.18 Å². The molecule has 1 atom stereocenters. The van der Waals surface area contributed by atoms with Gasteiger partial charge in [-0.15, -0.1) is 0 Å². The maximum atomic E-state index is 13.2. The molecular weight excluding hydrogens is 205 g/mol. The van der Waals surface area contributed by atoms with Gasteiger partial charge >= 0.3 is 0 Å². The van der Waals surface area contributed by atoms with Crippen molar-refractivity contribution in [3.05, 3.63) is 35.6 Å². The molecule has 1 rings (SSSR count). The third kappa shape index (κ3) is 4.11. The fourth-order valence-corrected chi connectivity index (χ4v) is 1.35. The average molecular weight is 223 g/mol. The minimum Gasteiger partial charge on any atom is -0.307 e. The Bertz CT molecular complexity index is 352. The zero-order valence-electron chi connectivity index (χ0n) is 9.79. The molecule has 2 nitrogen and oxygen atoms in total. The number of rotatable bonds is 6. The molecule has 0 saturated heterocycles. The van der Waals surface area contributed by atoms with E-state index in [0.717, 1.165) is 6.42 Å². The molecule has 1 unspecified atom stereocenters. The van der Waals surface area contributed by atoms with E-state index in [4.69, 9.17) is 0 Å². The first kappa shape index (κ1) is 12.8. The first-order valence-electron chi connectivity index (χ1n) is 5.62. The van der Waals surface area contributed by atoms with Crippen molar-refractivity contribution in [3.8, 4) is 0 Å². The maximum absolute atomic E-state index is 13.2. The molecule has 1 N–H and O–H groups in total. The number of Topliss-reactive ketones (excluding diaryl/α,β-unsaturated/α-hetero) is 1. The van der Waals surface area contributed by atoms with Crippen molar-refractivity contribution < 1.29 is 9.18 Å². The summed E-state index contributed by atoms with van der Waals surface area (Å²) in [6, 6.07) is 6.72. The topological polar surface area (TPSA) is 29.1 Å². The lowest BCUT2D eigenvalue weighted by atomic mass is 10.1. The van der Waals surface area contributed by atoms with Gasteiger partial charge in [0.1, 0.15) is 5.82 Å². The molecule has 1 aromatic carbocycles. The summed E-state index contributed by atoms with van der Waals surface area (Å²) in [7, 11) is 0. The molecule has 0 radical (unpaired) electrons. The summed E-state index contributed by atoms with van der Waals surface area (Å²) < 4.78 is 13.2. The molecule has 16 heavy (non-hydrogen) atoms. The van der Waals surface area contributed by atoms with E-state index in [1.54, 1.807) is 18.2 Å². The Kier molecular flexibility index (Phi) is 5.12. The van der Waals surface area contributed by atoms with Crippen molar-refractivity contribution in [2.75, 3.05) is 6.54 Å². The van der Waals surface area contributed by atoms with E-state index in [0.29, 0.717) is 18.2 Å². The molecule has 0 spiro atoms. The fraction of sp³-hybridized carbons (Fsp3) is 0.462. The van der Waals surface area contributed by atoms with Crippen LogP contribution in [-0.4, -0.2) is 18.4 Å². The second-order valence-corrected chi connectivity index (χ2v) is 4.00. The number of hydrogen-bond acceptors (Lipinski definition) is 2. The molecule has 0 bridgehead atoms. The Morgan fingerprint density at radius 1 is 1.44 bits per heavy atom.